The lowest BCUT2D eigenvalue weighted by atomic mass is 10.3. The Morgan fingerprint density at radius 1 is 1.45 bits per heavy atom. The average molecular weight is 292 g/mol. The van der Waals surface area contributed by atoms with Crippen LogP contribution in [0.25, 0.3) is 0 Å². The lowest BCUT2D eigenvalue weighted by Crippen LogP contribution is -2.34. The molecule has 2 aromatic rings. The molecule has 2 N–H and O–H groups in total. The van der Waals surface area contributed by atoms with E-state index in [2.05, 4.69) is 15.5 Å². The predicted molar refractivity (Wildman–Crippen MR) is 78.0 cm³/mol. The van der Waals surface area contributed by atoms with E-state index in [1.54, 1.807) is 13.1 Å². The van der Waals surface area contributed by atoms with Gasteiger partial charge in [-0.15, -0.1) is 11.3 Å². The lowest BCUT2D eigenvalue weighted by Gasteiger charge is -2.15. The number of rotatable bonds is 4. The van der Waals surface area contributed by atoms with Gasteiger partial charge in [0.1, 0.15) is 0 Å². The van der Waals surface area contributed by atoms with Crippen LogP contribution in [0.3, 0.4) is 0 Å². The van der Waals surface area contributed by atoms with Crippen LogP contribution in [0.5, 0.6) is 0 Å². The zero-order valence-corrected chi connectivity index (χ0v) is 12.4. The number of thiophene rings is 1. The normalized spacial score (nSPS) is 10.3. The molecule has 0 aromatic carbocycles. The van der Waals surface area contributed by atoms with Crippen molar-refractivity contribution in [1.29, 1.82) is 0 Å². The molecular formula is C13H16N4O2S. The summed E-state index contributed by atoms with van der Waals surface area (Å²) in [6.07, 6.45) is 0. The van der Waals surface area contributed by atoms with Crippen molar-refractivity contribution in [2.75, 3.05) is 18.9 Å². The average Bonchev–Trinajstić information content (AvgIpc) is 3.03. The zero-order chi connectivity index (χ0) is 14.7. The smallest absolute Gasteiger partial charge is 0.264 e. The molecule has 2 aromatic heterocycles. The molecule has 0 fully saturated rings. The van der Waals surface area contributed by atoms with Gasteiger partial charge in [0.25, 0.3) is 5.91 Å². The van der Waals surface area contributed by atoms with E-state index in [1.165, 1.54) is 16.2 Å². The van der Waals surface area contributed by atoms with Crippen molar-refractivity contribution in [3.05, 3.63) is 33.6 Å². The quantitative estimate of drug-likeness (QED) is 0.902. The van der Waals surface area contributed by atoms with Crippen LogP contribution in [0, 0.1) is 13.8 Å². The van der Waals surface area contributed by atoms with Crippen LogP contribution in [0.4, 0.5) is 5.82 Å². The number of aryl methyl sites for hydroxylation is 1. The van der Waals surface area contributed by atoms with Gasteiger partial charge in [-0.2, -0.15) is 5.10 Å². The van der Waals surface area contributed by atoms with Crippen molar-refractivity contribution >= 4 is 29.0 Å². The first-order valence-electron chi connectivity index (χ1n) is 6.09. The first-order chi connectivity index (χ1) is 9.49. The summed E-state index contributed by atoms with van der Waals surface area (Å²) >= 11 is 1.36. The van der Waals surface area contributed by atoms with Gasteiger partial charge in [0.05, 0.1) is 11.4 Å². The van der Waals surface area contributed by atoms with Gasteiger partial charge in [-0.3, -0.25) is 14.7 Å². The number of carbonyl (C=O) groups excluding carboxylic acids is 2. The fraction of sp³-hybridized carbons (Fsp3) is 0.308. The van der Waals surface area contributed by atoms with Gasteiger partial charge in [0, 0.05) is 18.3 Å². The number of hydrogen-bond acceptors (Lipinski definition) is 4. The highest BCUT2D eigenvalue weighted by atomic mass is 32.1. The molecule has 2 rings (SSSR count). The number of aromatic amines is 1. The van der Waals surface area contributed by atoms with Gasteiger partial charge < -0.3 is 10.2 Å². The summed E-state index contributed by atoms with van der Waals surface area (Å²) in [5, 5.41) is 11.3. The second-order valence-corrected chi connectivity index (χ2v) is 5.46. The summed E-state index contributed by atoms with van der Waals surface area (Å²) in [6.45, 7) is 3.74. The van der Waals surface area contributed by atoms with Crippen molar-refractivity contribution in [2.24, 2.45) is 0 Å². The van der Waals surface area contributed by atoms with Crippen LogP contribution in [0.1, 0.15) is 20.9 Å². The van der Waals surface area contributed by atoms with E-state index < -0.39 is 0 Å². The van der Waals surface area contributed by atoms with E-state index in [4.69, 9.17) is 0 Å². The van der Waals surface area contributed by atoms with Crippen molar-refractivity contribution in [2.45, 2.75) is 13.8 Å². The first kappa shape index (κ1) is 14.3. The number of nitrogens with one attached hydrogen (secondary N) is 2. The van der Waals surface area contributed by atoms with E-state index in [1.807, 2.05) is 25.3 Å². The summed E-state index contributed by atoms with van der Waals surface area (Å²) < 4.78 is 0. The third-order valence-electron chi connectivity index (χ3n) is 2.97. The zero-order valence-electron chi connectivity index (χ0n) is 11.6. The SMILES string of the molecule is Cc1[nH]nc(NC(=O)CN(C)C(=O)c2cccs2)c1C. The molecule has 0 saturated carbocycles. The van der Waals surface area contributed by atoms with E-state index in [0.717, 1.165) is 11.3 Å². The summed E-state index contributed by atoms with van der Waals surface area (Å²) in [7, 11) is 1.60. The lowest BCUT2D eigenvalue weighted by molar-refractivity contribution is -0.116. The highest BCUT2D eigenvalue weighted by molar-refractivity contribution is 7.12. The highest BCUT2D eigenvalue weighted by Gasteiger charge is 2.17. The standard InChI is InChI=1S/C13H16N4O2S/c1-8-9(2)15-16-12(8)14-11(18)7-17(3)13(19)10-5-4-6-20-10/h4-6H,7H2,1-3H3,(H2,14,15,16,18). The molecule has 0 radical (unpaired) electrons. The number of carbonyl (C=O) groups is 2. The fourth-order valence-corrected chi connectivity index (χ4v) is 2.37. The summed E-state index contributed by atoms with van der Waals surface area (Å²) in [5.41, 5.74) is 1.80. The minimum absolute atomic E-state index is 0.0118. The molecule has 20 heavy (non-hydrogen) atoms. The topological polar surface area (TPSA) is 78.1 Å². The van der Waals surface area contributed by atoms with Crippen LogP contribution in [-0.4, -0.2) is 40.5 Å². The number of likely N-dealkylation sites (N-methyl/N-ethyl adjacent to an activating group) is 1. The van der Waals surface area contributed by atoms with Crippen molar-refractivity contribution in [3.8, 4) is 0 Å². The molecule has 0 spiro atoms. The van der Waals surface area contributed by atoms with Gasteiger partial charge in [0.2, 0.25) is 5.91 Å². The van der Waals surface area contributed by atoms with E-state index in [9.17, 15) is 9.59 Å². The number of aromatic nitrogens is 2. The Hall–Kier alpha value is -2.15. The Bertz CT molecular complexity index is 618. The largest absolute Gasteiger partial charge is 0.332 e. The second kappa shape index (κ2) is 5.87. The third kappa shape index (κ3) is 3.05. The number of hydrogen-bond donors (Lipinski definition) is 2. The first-order valence-corrected chi connectivity index (χ1v) is 6.97. The molecule has 0 bridgehead atoms. The molecule has 0 saturated heterocycles. The van der Waals surface area contributed by atoms with Gasteiger partial charge in [-0.05, 0) is 25.3 Å². The molecule has 0 aliphatic heterocycles. The van der Waals surface area contributed by atoms with Crippen LogP contribution < -0.4 is 5.32 Å². The van der Waals surface area contributed by atoms with E-state index >= 15 is 0 Å². The van der Waals surface area contributed by atoms with Crippen LogP contribution in [0.2, 0.25) is 0 Å². The number of H-pyrrole nitrogens is 1. The Morgan fingerprint density at radius 3 is 2.75 bits per heavy atom. The van der Waals surface area contributed by atoms with Crippen LogP contribution in [0.15, 0.2) is 17.5 Å². The third-order valence-corrected chi connectivity index (χ3v) is 3.83. The maximum Gasteiger partial charge on any atom is 0.264 e. The van der Waals surface area contributed by atoms with E-state index in [0.29, 0.717) is 10.7 Å². The Labute approximate surface area is 120 Å². The molecule has 7 heteroatoms. The molecule has 0 aliphatic rings. The summed E-state index contributed by atoms with van der Waals surface area (Å²) in [6, 6.07) is 3.55. The Balaban J connectivity index is 1.94. The Morgan fingerprint density at radius 2 is 2.20 bits per heavy atom. The Kier molecular flexibility index (Phi) is 4.19. The van der Waals surface area contributed by atoms with Gasteiger partial charge in [-0.1, -0.05) is 6.07 Å². The second-order valence-electron chi connectivity index (χ2n) is 4.51. The minimum Gasteiger partial charge on any atom is -0.332 e. The van der Waals surface area contributed by atoms with Crippen LogP contribution >= 0.6 is 11.3 Å². The molecule has 0 atom stereocenters. The number of nitrogens with zero attached hydrogens (tertiary/aromatic N) is 2. The maximum atomic E-state index is 12.0. The number of anilines is 1. The molecule has 0 unspecified atom stereocenters. The molecule has 106 valence electrons. The fourth-order valence-electron chi connectivity index (χ4n) is 1.65. The molecule has 2 heterocycles. The molecular weight excluding hydrogens is 276 g/mol. The van der Waals surface area contributed by atoms with Crippen molar-refractivity contribution < 1.29 is 9.59 Å². The summed E-state index contributed by atoms with van der Waals surface area (Å²) in [5.74, 6) is 0.0709. The molecule has 0 aliphatic carbocycles. The van der Waals surface area contributed by atoms with Gasteiger partial charge in [-0.25, -0.2) is 0 Å². The van der Waals surface area contributed by atoms with E-state index in [-0.39, 0.29) is 18.4 Å². The molecule has 2 amide bonds. The monoisotopic (exact) mass is 292 g/mol. The molecule has 6 nitrogen and oxygen atoms in total. The maximum absolute atomic E-state index is 12.0. The minimum atomic E-state index is -0.271. The van der Waals surface area contributed by atoms with Crippen molar-refractivity contribution in [1.82, 2.24) is 15.1 Å². The van der Waals surface area contributed by atoms with Crippen LogP contribution in [-0.2, 0) is 4.79 Å². The highest BCUT2D eigenvalue weighted by Crippen LogP contribution is 2.14. The summed E-state index contributed by atoms with van der Waals surface area (Å²) in [4.78, 5) is 25.9. The van der Waals surface area contributed by atoms with Gasteiger partial charge in [0.15, 0.2) is 5.82 Å². The number of amides is 2. The van der Waals surface area contributed by atoms with Crippen molar-refractivity contribution in [3.63, 3.8) is 0 Å². The predicted octanol–water partition coefficient (Wildman–Crippen LogP) is 1.80. The van der Waals surface area contributed by atoms with Gasteiger partial charge >= 0.3 is 0 Å².